The molecule has 3 rings (SSSR count). The van der Waals surface area contributed by atoms with Gasteiger partial charge in [0.05, 0.1) is 13.2 Å². The molecule has 0 saturated carbocycles. The van der Waals surface area contributed by atoms with E-state index in [0.717, 1.165) is 64.2 Å². The van der Waals surface area contributed by atoms with Gasteiger partial charge in [0, 0.05) is 45.5 Å². The molecule has 0 atom stereocenters. The van der Waals surface area contributed by atoms with Crippen LogP contribution in [0.5, 0.6) is 0 Å². The van der Waals surface area contributed by atoms with Crippen LogP contribution >= 0.6 is 0 Å². The van der Waals surface area contributed by atoms with Gasteiger partial charge in [0.2, 0.25) is 5.95 Å². The zero-order valence-electron chi connectivity index (χ0n) is 10.5. The maximum absolute atomic E-state index is 5.35. The molecule has 1 N–H and O–H groups in total. The quantitative estimate of drug-likeness (QED) is 0.778. The van der Waals surface area contributed by atoms with Crippen LogP contribution in [0.1, 0.15) is 0 Å². The van der Waals surface area contributed by atoms with Gasteiger partial charge in [-0.15, -0.1) is 0 Å². The van der Waals surface area contributed by atoms with Crippen LogP contribution in [-0.2, 0) is 4.74 Å². The Morgan fingerprint density at radius 1 is 1.06 bits per heavy atom. The van der Waals surface area contributed by atoms with Crippen molar-refractivity contribution in [1.29, 1.82) is 0 Å². The molecule has 0 aromatic carbocycles. The van der Waals surface area contributed by atoms with E-state index in [0.29, 0.717) is 0 Å². The monoisotopic (exact) mass is 249 g/mol. The van der Waals surface area contributed by atoms with Crippen molar-refractivity contribution in [2.24, 2.45) is 0 Å². The van der Waals surface area contributed by atoms with E-state index in [1.54, 1.807) is 0 Å². The molecule has 2 aliphatic rings. The van der Waals surface area contributed by atoms with E-state index in [2.05, 4.69) is 25.1 Å². The van der Waals surface area contributed by atoms with Crippen molar-refractivity contribution in [2.45, 2.75) is 0 Å². The zero-order valence-corrected chi connectivity index (χ0v) is 10.5. The van der Waals surface area contributed by atoms with Crippen molar-refractivity contribution in [3.05, 3.63) is 12.3 Å². The van der Waals surface area contributed by atoms with Crippen molar-refractivity contribution in [2.75, 3.05) is 62.3 Å². The molecule has 6 heteroatoms. The summed E-state index contributed by atoms with van der Waals surface area (Å²) in [6, 6.07) is 2.00. The third kappa shape index (κ3) is 2.54. The number of nitrogens with zero attached hydrogens (tertiary/aromatic N) is 4. The molecule has 0 unspecified atom stereocenters. The molecule has 0 aliphatic carbocycles. The fraction of sp³-hybridized carbons (Fsp3) is 0.667. The van der Waals surface area contributed by atoms with Crippen molar-refractivity contribution in [1.82, 2.24) is 15.3 Å². The lowest BCUT2D eigenvalue weighted by Crippen LogP contribution is -2.44. The van der Waals surface area contributed by atoms with Gasteiger partial charge >= 0.3 is 0 Å². The van der Waals surface area contributed by atoms with Gasteiger partial charge in [0.25, 0.3) is 0 Å². The first-order valence-corrected chi connectivity index (χ1v) is 6.55. The van der Waals surface area contributed by atoms with Crippen LogP contribution in [0.3, 0.4) is 0 Å². The van der Waals surface area contributed by atoms with Gasteiger partial charge in [-0.1, -0.05) is 0 Å². The van der Waals surface area contributed by atoms with E-state index in [9.17, 15) is 0 Å². The van der Waals surface area contributed by atoms with E-state index < -0.39 is 0 Å². The number of hydrogen-bond donors (Lipinski definition) is 1. The predicted octanol–water partition coefficient (Wildman–Crippen LogP) is -0.277. The number of anilines is 2. The maximum atomic E-state index is 5.35. The first-order valence-electron chi connectivity index (χ1n) is 6.55. The fourth-order valence-corrected chi connectivity index (χ4v) is 2.32. The Bertz CT molecular complexity index is 355. The third-order valence-corrected chi connectivity index (χ3v) is 3.36. The SMILES string of the molecule is c1cc(N2CCNCC2)nc(N2CCOCC2)n1. The van der Waals surface area contributed by atoms with Crippen LogP contribution in [0.15, 0.2) is 12.3 Å². The van der Waals surface area contributed by atoms with E-state index in [4.69, 9.17) is 4.74 Å². The summed E-state index contributed by atoms with van der Waals surface area (Å²) in [6.45, 7) is 7.37. The summed E-state index contributed by atoms with van der Waals surface area (Å²) < 4.78 is 5.35. The highest BCUT2D eigenvalue weighted by Crippen LogP contribution is 2.16. The lowest BCUT2D eigenvalue weighted by Gasteiger charge is -2.30. The maximum Gasteiger partial charge on any atom is 0.227 e. The van der Waals surface area contributed by atoms with Crippen LogP contribution in [0.25, 0.3) is 0 Å². The molecule has 0 bridgehead atoms. The third-order valence-electron chi connectivity index (χ3n) is 3.36. The Kier molecular flexibility index (Phi) is 3.56. The van der Waals surface area contributed by atoms with E-state index in [1.165, 1.54) is 0 Å². The smallest absolute Gasteiger partial charge is 0.227 e. The predicted molar refractivity (Wildman–Crippen MR) is 70.1 cm³/mol. The van der Waals surface area contributed by atoms with Gasteiger partial charge in [-0.2, -0.15) is 4.98 Å². The first kappa shape index (κ1) is 11.7. The molecule has 0 radical (unpaired) electrons. The number of morpholine rings is 1. The Balaban J connectivity index is 1.75. The highest BCUT2D eigenvalue weighted by molar-refractivity contribution is 5.44. The highest BCUT2D eigenvalue weighted by Gasteiger charge is 2.16. The van der Waals surface area contributed by atoms with Crippen molar-refractivity contribution >= 4 is 11.8 Å². The molecule has 2 saturated heterocycles. The number of rotatable bonds is 2. The molecule has 2 aliphatic heterocycles. The van der Waals surface area contributed by atoms with E-state index in [-0.39, 0.29) is 0 Å². The Morgan fingerprint density at radius 2 is 1.83 bits per heavy atom. The number of piperazine rings is 1. The van der Waals surface area contributed by atoms with Gasteiger partial charge in [0.1, 0.15) is 5.82 Å². The van der Waals surface area contributed by atoms with Crippen LogP contribution in [-0.4, -0.2) is 62.5 Å². The molecular formula is C12H19N5O. The van der Waals surface area contributed by atoms with Gasteiger partial charge in [0.15, 0.2) is 0 Å². The highest BCUT2D eigenvalue weighted by atomic mass is 16.5. The fourth-order valence-electron chi connectivity index (χ4n) is 2.32. The van der Waals surface area contributed by atoms with Gasteiger partial charge < -0.3 is 19.9 Å². The zero-order chi connectivity index (χ0) is 12.2. The topological polar surface area (TPSA) is 53.5 Å². The lowest BCUT2D eigenvalue weighted by atomic mass is 10.3. The minimum Gasteiger partial charge on any atom is -0.378 e. The van der Waals surface area contributed by atoms with Gasteiger partial charge in [-0.3, -0.25) is 0 Å². The van der Waals surface area contributed by atoms with E-state index >= 15 is 0 Å². The second-order valence-corrected chi connectivity index (χ2v) is 4.55. The van der Waals surface area contributed by atoms with E-state index in [1.807, 2.05) is 12.3 Å². The number of ether oxygens (including phenoxy) is 1. The Hall–Kier alpha value is -1.40. The minimum absolute atomic E-state index is 0.765. The molecule has 0 amide bonds. The van der Waals surface area contributed by atoms with Crippen LogP contribution in [0, 0.1) is 0 Å². The molecule has 2 fully saturated rings. The molecule has 98 valence electrons. The summed E-state index contributed by atoms with van der Waals surface area (Å²) in [5.74, 6) is 1.86. The van der Waals surface area contributed by atoms with Gasteiger partial charge in [-0.05, 0) is 6.07 Å². The van der Waals surface area contributed by atoms with Crippen LogP contribution in [0.4, 0.5) is 11.8 Å². The van der Waals surface area contributed by atoms with Crippen LogP contribution < -0.4 is 15.1 Å². The molecule has 3 heterocycles. The van der Waals surface area contributed by atoms with Gasteiger partial charge in [-0.25, -0.2) is 4.98 Å². The summed E-state index contributed by atoms with van der Waals surface area (Å²) in [6.07, 6.45) is 1.86. The van der Waals surface area contributed by atoms with Crippen LogP contribution in [0.2, 0.25) is 0 Å². The second kappa shape index (κ2) is 5.49. The minimum atomic E-state index is 0.765. The average molecular weight is 249 g/mol. The summed E-state index contributed by atoms with van der Waals surface area (Å²) >= 11 is 0. The molecule has 1 aromatic rings. The summed E-state index contributed by atoms with van der Waals surface area (Å²) in [7, 11) is 0. The molecule has 18 heavy (non-hydrogen) atoms. The molecular weight excluding hydrogens is 230 g/mol. The van der Waals surface area contributed by atoms with Crippen molar-refractivity contribution in [3.63, 3.8) is 0 Å². The number of hydrogen-bond acceptors (Lipinski definition) is 6. The number of aromatic nitrogens is 2. The van der Waals surface area contributed by atoms with Crippen molar-refractivity contribution in [3.8, 4) is 0 Å². The summed E-state index contributed by atoms with van der Waals surface area (Å²) in [5.41, 5.74) is 0. The standard InChI is InChI=1S/C12H19N5O/c1-2-14-12(17-7-9-18-10-8-17)15-11(1)16-5-3-13-4-6-16/h1-2,13H,3-10H2. The molecule has 6 nitrogen and oxygen atoms in total. The first-order chi connectivity index (χ1) is 8.93. The molecule has 0 spiro atoms. The summed E-state index contributed by atoms with van der Waals surface area (Å²) in [5, 5.41) is 3.35. The number of nitrogens with one attached hydrogen (secondary N) is 1. The average Bonchev–Trinajstić information content (AvgIpc) is 2.49. The van der Waals surface area contributed by atoms with Crippen molar-refractivity contribution < 1.29 is 4.74 Å². The lowest BCUT2D eigenvalue weighted by molar-refractivity contribution is 0.122. The summed E-state index contributed by atoms with van der Waals surface area (Å²) in [4.78, 5) is 13.5. The second-order valence-electron chi connectivity index (χ2n) is 4.55. The Labute approximate surface area is 107 Å². The normalized spacial score (nSPS) is 21.1. The molecule has 1 aromatic heterocycles. The largest absolute Gasteiger partial charge is 0.378 e. The Morgan fingerprint density at radius 3 is 2.61 bits per heavy atom.